The Kier molecular flexibility index (Phi) is 5.30. The van der Waals surface area contributed by atoms with Gasteiger partial charge >= 0.3 is 5.97 Å². The summed E-state index contributed by atoms with van der Waals surface area (Å²) in [5, 5.41) is 10.7. The number of carbonyl (C=O) groups excluding carboxylic acids is 1. The summed E-state index contributed by atoms with van der Waals surface area (Å²) >= 11 is 13.4. The molecule has 0 saturated carbocycles. The molecular formula is C16H17Cl2NO4S. The second-order valence-electron chi connectivity index (χ2n) is 6.12. The number of halogens is 2. The van der Waals surface area contributed by atoms with E-state index in [1.54, 1.807) is 23.1 Å². The van der Waals surface area contributed by atoms with Crippen molar-refractivity contribution in [3.05, 3.63) is 28.2 Å². The third-order valence-electron chi connectivity index (χ3n) is 4.73. The number of rotatable bonds is 4. The molecule has 24 heavy (non-hydrogen) atoms. The van der Waals surface area contributed by atoms with Crippen molar-refractivity contribution in [1.82, 2.24) is 4.90 Å². The average molecular weight is 390 g/mol. The molecule has 2 fully saturated rings. The molecule has 2 aliphatic rings. The predicted molar refractivity (Wildman–Crippen MR) is 92.8 cm³/mol. The molecule has 1 amide bonds. The molecule has 0 bridgehead atoms. The molecule has 3 rings (SSSR count). The summed E-state index contributed by atoms with van der Waals surface area (Å²) in [6.07, 6.45) is 0.448. The highest BCUT2D eigenvalue weighted by atomic mass is 35.5. The van der Waals surface area contributed by atoms with Crippen molar-refractivity contribution in [2.45, 2.75) is 11.3 Å². The summed E-state index contributed by atoms with van der Waals surface area (Å²) in [7, 11) is 0. The summed E-state index contributed by atoms with van der Waals surface area (Å²) in [4.78, 5) is 26.7. The molecule has 2 aliphatic heterocycles. The van der Waals surface area contributed by atoms with E-state index in [4.69, 9.17) is 27.9 Å². The summed E-state index contributed by atoms with van der Waals surface area (Å²) in [6.45, 7) is 1.50. The lowest BCUT2D eigenvalue weighted by atomic mass is 9.74. The minimum absolute atomic E-state index is 0.0916. The van der Waals surface area contributed by atoms with Gasteiger partial charge in [0, 0.05) is 35.5 Å². The first-order chi connectivity index (χ1) is 11.4. The minimum Gasteiger partial charge on any atom is -0.481 e. The van der Waals surface area contributed by atoms with Crippen LogP contribution in [0.3, 0.4) is 0 Å². The maximum atomic E-state index is 12.5. The van der Waals surface area contributed by atoms with Gasteiger partial charge in [-0.25, -0.2) is 0 Å². The quantitative estimate of drug-likeness (QED) is 0.801. The molecule has 130 valence electrons. The van der Waals surface area contributed by atoms with Crippen molar-refractivity contribution in [3.8, 4) is 0 Å². The molecule has 0 radical (unpaired) electrons. The highest BCUT2D eigenvalue weighted by Gasteiger charge is 2.54. The fourth-order valence-electron chi connectivity index (χ4n) is 3.31. The van der Waals surface area contributed by atoms with Gasteiger partial charge in [0.2, 0.25) is 5.91 Å². The number of carboxylic acids is 1. The van der Waals surface area contributed by atoms with Crippen molar-refractivity contribution < 1.29 is 19.4 Å². The van der Waals surface area contributed by atoms with Gasteiger partial charge in [0.1, 0.15) is 0 Å². The van der Waals surface area contributed by atoms with E-state index < -0.39 is 11.4 Å². The van der Waals surface area contributed by atoms with Crippen molar-refractivity contribution in [2.75, 3.05) is 32.1 Å². The number of aliphatic carboxylic acids is 1. The van der Waals surface area contributed by atoms with E-state index in [9.17, 15) is 14.7 Å². The van der Waals surface area contributed by atoms with Crippen LogP contribution in [0.25, 0.3) is 0 Å². The predicted octanol–water partition coefficient (Wildman–Crippen LogP) is 3.04. The highest BCUT2D eigenvalue weighted by molar-refractivity contribution is 8.00. The Bertz CT molecular complexity index is 671. The van der Waals surface area contributed by atoms with E-state index in [2.05, 4.69) is 0 Å². The Morgan fingerprint density at radius 2 is 2.21 bits per heavy atom. The summed E-state index contributed by atoms with van der Waals surface area (Å²) in [5.41, 5.74) is -0.869. The fourth-order valence-corrected chi connectivity index (χ4v) is 4.70. The third-order valence-corrected chi connectivity index (χ3v) is 6.45. The first-order valence-electron chi connectivity index (χ1n) is 7.59. The van der Waals surface area contributed by atoms with Gasteiger partial charge in [-0.15, -0.1) is 11.8 Å². The van der Waals surface area contributed by atoms with Crippen LogP contribution in [0, 0.1) is 11.3 Å². The van der Waals surface area contributed by atoms with Gasteiger partial charge in [-0.05, 0) is 24.6 Å². The molecule has 2 heterocycles. The zero-order chi connectivity index (χ0) is 17.3. The number of likely N-dealkylation sites (tertiary alicyclic amines) is 1. The summed E-state index contributed by atoms with van der Waals surface area (Å²) in [5.74, 6) is -0.876. The van der Waals surface area contributed by atoms with Crippen LogP contribution in [-0.2, 0) is 14.3 Å². The molecule has 1 N–H and O–H groups in total. The maximum Gasteiger partial charge on any atom is 0.311 e. The first kappa shape index (κ1) is 17.9. The lowest BCUT2D eigenvalue weighted by Gasteiger charge is -2.33. The number of carbonyl (C=O) groups is 2. The molecule has 0 unspecified atom stereocenters. The maximum absolute atomic E-state index is 12.5. The van der Waals surface area contributed by atoms with Gasteiger partial charge in [0.05, 0.1) is 22.8 Å². The van der Waals surface area contributed by atoms with Crippen LogP contribution < -0.4 is 0 Å². The fraction of sp³-hybridized carbons (Fsp3) is 0.500. The van der Waals surface area contributed by atoms with Crippen LogP contribution in [0.15, 0.2) is 23.1 Å². The van der Waals surface area contributed by atoms with Crippen LogP contribution in [0.5, 0.6) is 0 Å². The Balaban J connectivity index is 1.66. The van der Waals surface area contributed by atoms with Crippen LogP contribution in [-0.4, -0.2) is 53.9 Å². The average Bonchev–Trinajstić information content (AvgIpc) is 2.96. The Morgan fingerprint density at radius 3 is 2.92 bits per heavy atom. The Morgan fingerprint density at radius 1 is 1.42 bits per heavy atom. The number of carboxylic acid groups (broad SMARTS) is 1. The first-order valence-corrected chi connectivity index (χ1v) is 9.33. The largest absolute Gasteiger partial charge is 0.481 e. The van der Waals surface area contributed by atoms with Crippen LogP contribution in [0.4, 0.5) is 0 Å². The molecule has 0 aliphatic carbocycles. The zero-order valence-corrected chi connectivity index (χ0v) is 15.2. The number of nitrogens with zero attached hydrogens (tertiary/aromatic N) is 1. The number of amides is 1. The molecule has 1 aromatic carbocycles. The summed E-state index contributed by atoms with van der Waals surface area (Å²) in [6, 6.07) is 5.10. The van der Waals surface area contributed by atoms with Crippen LogP contribution in [0.1, 0.15) is 6.42 Å². The number of hydrogen-bond acceptors (Lipinski definition) is 4. The van der Waals surface area contributed by atoms with E-state index in [1.807, 2.05) is 0 Å². The van der Waals surface area contributed by atoms with E-state index in [0.29, 0.717) is 36.2 Å². The zero-order valence-electron chi connectivity index (χ0n) is 12.8. The van der Waals surface area contributed by atoms with Crippen molar-refractivity contribution >= 4 is 46.8 Å². The highest BCUT2D eigenvalue weighted by Crippen LogP contribution is 2.42. The van der Waals surface area contributed by atoms with Crippen molar-refractivity contribution in [3.63, 3.8) is 0 Å². The molecule has 8 heteroatoms. The Labute approximate surface area is 154 Å². The third kappa shape index (κ3) is 3.38. The number of hydrogen-bond donors (Lipinski definition) is 1. The number of thioether (sulfide) groups is 1. The SMILES string of the molecule is O=C(CSc1cc(Cl)ccc1Cl)N1C[C@H]2COCC[C@@]2(C(=O)O)C1. The minimum atomic E-state index is -0.869. The molecule has 1 aromatic rings. The van der Waals surface area contributed by atoms with Gasteiger partial charge in [0.25, 0.3) is 0 Å². The number of ether oxygens (including phenoxy) is 1. The lowest BCUT2D eigenvalue weighted by Crippen LogP contribution is -2.45. The van der Waals surface area contributed by atoms with Crippen molar-refractivity contribution in [1.29, 1.82) is 0 Å². The smallest absolute Gasteiger partial charge is 0.311 e. The van der Waals surface area contributed by atoms with E-state index in [1.165, 1.54) is 11.8 Å². The molecule has 2 saturated heterocycles. The van der Waals surface area contributed by atoms with Crippen LogP contribution in [0.2, 0.25) is 10.0 Å². The van der Waals surface area contributed by atoms with Gasteiger partial charge in [-0.3, -0.25) is 9.59 Å². The van der Waals surface area contributed by atoms with Crippen LogP contribution >= 0.6 is 35.0 Å². The normalized spacial score (nSPS) is 26.2. The lowest BCUT2D eigenvalue weighted by molar-refractivity contribution is -0.157. The van der Waals surface area contributed by atoms with Crippen molar-refractivity contribution in [2.24, 2.45) is 11.3 Å². The van der Waals surface area contributed by atoms with E-state index in [0.717, 1.165) is 4.90 Å². The second-order valence-corrected chi connectivity index (χ2v) is 7.98. The standard InChI is InChI=1S/C16H17Cl2NO4S/c17-11-1-2-12(18)13(5-11)24-8-14(20)19-6-10-7-23-4-3-16(10,9-19)15(21)22/h1-2,5,10H,3-4,6-9H2,(H,21,22)/t10-,16+/m0/s1. The molecule has 2 atom stereocenters. The van der Waals surface area contributed by atoms with E-state index in [-0.39, 0.29) is 24.1 Å². The number of fused-ring (bicyclic) bond motifs is 1. The van der Waals surface area contributed by atoms with E-state index >= 15 is 0 Å². The van der Waals surface area contributed by atoms with Gasteiger partial charge in [-0.2, -0.15) is 0 Å². The number of benzene rings is 1. The molecular weight excluding hydrogens is 373 g/mol. The monoisotopic (exact) mass is 389 g/mol. The Hall–Kier alpha value is -0.950. The molecule has 0 aromatic heterocycles. The molecule has 0 spiro atoms. The summed E-state index contributed by atoms with van der Waals surface area (Å²) < 4.78 is 5.41. The molecule has 5 nitrogen and oxygen atoms in total. The van der Waals surface area contributed by atoms with Gasteiger partial charge in [0.15, 0.2) is 0 Å². The second kappa shape index (κ2) is 7.12. The topological polar surface area (TPSA) is 66.8 Å². The van der Waals surface area contributed by atoms with Gasteiger partial charge < -0.3 is 14.7 Å². The van der Waals surface area contributed by atoms with Gasteiger partial charge in [-0.1, -0.05) is 23.2 Å².